The van der Waals surface area contributed by atoms with Gasteiger partial charge < -0.3 is 19.9 Å². The van der Waals surface area contributed by atoms with E-state index in [1.54, 1.807) is 18.3 Å². The molecule has 2 aromatic rings. The number of carbonyl (C=O) groups is 2. The average Bonchev–Trinajstić information content (AvgIpc) is 3.17. The lowest BCUT2D eigenvalue weighted by molar-refractivity contribution is -0.128. The monoisotopic (exact) mass is 410 g/mol. The van der Waals surface area contributed by atoms with Gasteiger partial charge in [-0.05, 0) is 42.0 Å². The lowest BCUT2D eigenvalue weighted by atomic mass is 9.75. The van der Waals surface area contributed by atoms with Crippen molar-refractivity contribution in [3.63, 3.8) is 0 Å². The highest BCUT2D eigenvalue weighted by atomic mass is 16.5. The van der Waals surface area contributed by atoms with E-state index < -0.39 is 0 Å². The fourth-order valence-electron chi connectivity index (χ4n) is 4.17. The molecule has 1 aromatic carbocycles. The average molecular weight is 410 g/mol. The molecule has 2 atom stereocenters. The van der Waals surface area contributed by atoms with Crippen molar-refractivity contribution < 1.29 is 24.5 Å². The van der Waals surface area contributed by atoms with Crippen LogP contribution in [0.1, 0.15) is 60.9 Å². The Morgan fingerprint density at radius 3 is 2.77 bits per heavy atom. The van der Waals surface area contributed by atoms with E-state index >= 15 is 0 Å². The zero-order valence-electron chi connectivity index (χ0n) is 17.4. The minimum Gasteiger partial charge on any atom is -0.664 e. The smallest absolute Gasteiger partial charge is 0.160 e. The van der Waals surface area contributed by atoms with Crippen molar-refractivity contribution in [2.45, 2.75) is 51.6 Å². The highest BCUT2D eigenvalue weighted by molar-refractivity contribution is 6.01. The summed E-state index contributed by atoms with van der Waals surface area (Å²) in [6.45, 7) is 1.96. The molecule has 1 heterocycles. The van der Waals surface area contributed by atoms with Crippen molar-refractivity contribution in [1.29, 1.82) is 0 Å². The Morgan fingerprint density at radius 2 is 2.07 bits per heavy atom. The molecule has 3 rings (SSSR count). The molecule has 6 heteroatoms. The number of ketones is 2. The van der Waals surface area contributed by atoms with E-state index in [1.165, 1.54) is 13.2 Å². The number of rotatable bonds is 10. The van der Waals surface area contributed by atoms with Crippen molar-refractivity contribution in [3.05, 3.63) is 52.9 Å². The summed E-state index contributed by atoms with van der Waals surface area (Å²) in [7, 11) is 1.48. The number of nitrogens with zero attached hydrogens (tertiary/aromatic N) is 1. The van der Waals surface area contributed by atoms with E-state index in [1.807, 2.05) is 12.2 Å². The fourth-order valence-corrected chi connectivity index (χ4v) is 4.17. The first kappa shape index (κ1) is 21.8. The number of phenols is 1. The van der Waals surface area contributed by atoms with Gasteiger partial charge in [0.05, 0.1) is 20.1 Å². The van der Waals surface area contributed by atoms with Crippen molar-refractivity contribution in [1.82, 2.24) is 4.98 Å². The molecule has 30 heavy (non-hydrogen) atoms. The SMILES string of the molecule is CCC[C@@H]1c2c(CO)c[n-]c2C=C[C@H]1C(=O)CC(=O)CCc1ccc(O)c(OC)c1. The predicted octanol–water partition coefficient (Wildman–Crippen LogP) is 3.54. The number of aromatic nitrogens is 1. The van der Waals surface area contributed by atoms with Gasteiger partial charge >= 0.3 is 0 Å². The normalized spacial score (nSPS) is 17.6. The second kappa shape index (κ2) is 9.76. The fraction of sp³-hybridized carbons (Fsp3) is 0.417. The molecule has 1 aliphatic carbocycles. The van der Waals surface area contributed by atoms with Gasteiger partial charge in [-0.3, -0.25) is 9.59 Å². The molecule has 0 aliphatic heterocycles. The van der Waals surface area contributed by atoms with Gasteiger partial charge in [0.1, 0.15) is 11.6 Å². The molecule has 0 fully saturated rings. The quantitative estimate of drug-likeness (QED) is 0.582. The predicted molar refractivity (Wildman–Crippen MR) is 113 cm³/mol. The van der Waals surface area contributed by atoms with Gasteiger partial charge in [-0.2, -0.15) is 6.20 Å². The summed E-state index contributed by atoms with van der Waals surface area (Å²) in [6.07, 6.45) is 7.67. The topological polar surface area (TPSA) is 97.9 Å². The molecular formula is C24H28NO5-. The molecule has 0 radical (unpaired) electrons. The van der Waals surface area contributed by atoms with Crippen LogP contribution in [0.3, 0.4) is 0 Å². The van der Waals surface area contributed by atoms with Crippen LogP contribution in [0.15, 0.2) is 30.5 Å². The zero-order chi connectivity index (χ0) is 21.7. The van der Waals surface area contributed by atoms with Crippen LogP contribution in [0.2, 0.25) is 0 Å². The van der Waals surface area contributed by atoms with Crippen LogP contribution < -0.4 is 9.72 Å². The van der Waals surface area contributed by atoms with Gasteiger partial charge in [0.15, 0.2) is 11.5 Å². The number of benzene rings is 1. The lowest BCUT2D eigenvalue weighted by Gasteiger charge is -2.30. The number of hydrogen-bond acceptors (Lipinski definition) is 5. The molecule has 1 aromatic heterocycles. The summed E-state index contributed by atoms with van der Waals surface area (Å²) in [5.41, 5.74) is 3.39. The number of Topliss-reactive ketones (excluding diaryl/α,β-unsaturated/α-hetero) is 2. The Bertz CT molecular complexity index is 943. The molecule has 2 N–H and O–H groups in total. The van der Waals surface area contributed by atoms with Gasteiger partial charge in [-0.25, -0.2) is 0 Å². The number of aliphatic hydroxyl groups is 1. The highest BCUT2D eigenvalue weighted by Crippen LogP contribution is 2.40. The van der Waals surface area contributed by atoms with Gasteiger partial charge in [0, 0.05) is 12.3 Å². The summed E-state index contributed by atoms with van der Waals surface area (Å²) in [4.78, 5) is 29.8. The second-order valence-corrected chi connectivity index (χ2v) is 7.71. The van der Waals surface area contributed by atoms with E-state index in [4.69, 9.17) is 4.74 Å². The lowest BCUT2D eigenvalue weighted by Crippen LogP contribution is -2.26. The zero-order valence-corrected chi connectivity index (χ0v) is 17.4. The summed E-state index contributed by atoms with van der Waals surface area (Å²) < 4.78 is 5.09. The number of aliphatic hydroxyl groups excluding tert-OH is 1. The van der Waals surface area contributed by atoms with E-state index in [0.29, 0.717) is 12.2 Å². The molecule has 0 saturated carbocycles. The molecule has 0 bridgehead atoms. The van der Waals surface area contributed by atoms with Crippen LogP contribution >= 0.6 is 0 Å². The number of carbonyl (C=O) groups excluding carboxylic acids is 2. The van der Waals surface area contributed by atoms with Crippen LogP contribution in [0.5, 0.6) is 11.5 Å². The van der Waals surface area contributed by atoms with Gasteiger partial charge in [0.2, 0.25) is 0 Å². The summed E-state index contributed by atoms with van der Waals surface area (Å²) in [5, 5.41) is 19.3. The van der Waals surface area contributed by atoms with E-state index in [0.717, 1.165) is 35.2 Å². The number of aromatic hydroxyl groups is 1. The molecule has 160 valence electrons. The second-order valence-electron chi connectivity index (χ2n) is 7.71. The van der Waals surface area contributed by atoms with E-state index in [2.05, 4.69) is 11.9 Å². The van der Waals surface area contributed by atoms with Gasteiger partial charge in [0.25, 0.3) is 0 Å². The molecule has 0 amide bonds. The minimum absolute atomic E-state index is 0.0532. The van der Waals surface area contributed by atoms with Crippen molar-refractivity contribution in [2.24, 2.45) is 5.92 Å². The van der Waals surface area contributed by atoms with Crippen molar-refractivity contribution >= 4 is 17.6 Å². The number of fused-ring (bicyclic) bond motifs is 1. The van der Waals surface area contributed by atoms with Crippen molar-refractivity contribution in [3.8, 4) is 11.5 Å². The standard InChI is InChI=1S/C24H28NO5/c1-3-4-19-18(8-9-20-24(19)16(14-26)13-25-20)22(29)12-17(27)7-5-15-6-10-21(28)23(11-15)30-2/h6,8-11,13,18-19,26,28H,3-5,7,12,14H2,1-2H3/q-1/t18-,19+/m1/s1. The Kier molecular flexibility index (Phi) is 7.11. The first-order chi connectivity index (χ1) is 14.5. The molecule has 0 spiro atoms. The number of aryl methyl sites for hydroxylation is 1. The third-order valence-electron chi connectivity index (χ3n) is 5.70. The maximum absolute atomic E-state index is 13.0. The molecule has 0 unspecified atom stereocenters. The van der Waals surface area contributed by atoms with E-state index in [-0.39, 0.29) is 48.6 Å². The van der Waals surface area contributed by atoms with Crippen molar-refractivity contribution in [2.75, 3.05) is 7.11 Å². The van der Waals surface area contributed by atoms with Crippen LogP contribution in [-0.4, -0.2) is 28.9 Å². The first-order valence-electron chi connectivity index (χ1n) is 10.3. The highest BCUT2D eigenvalue weighted by Gasteiger charge is 2.31. The van der Waals surface area contributed by atoms with Crippen LogP contribution in [0.25, 0.3) is 6.08 Å². The third-order valence-corrected chi connectivity index (χ3v) is 5.70. The first-order valence-corrected chi connectivity index (χ1v) is 10.3. The molecule has 6 nitrogen and oxygen atoms in total. The number of hydrogen-bond donors (Lipinski definition) is 2. The third kappa shape index (κ3) is 4.65. The number of phenolic OH excluding ortho intramolecular Hbond substituents is 1. The van der Waals surface area contributed by atoms with Crippen LogP contribution in [0, 0.1) is 5.92 Å². The molecular weight excluding hydrogens is 382 g/mol. The Morgan fingerprint density at radius 1 is 1.27 bits per heavy atom. The van der Waals surface area contributed by atoms with Crippen LogP contribution in [-0.2, 0) is 22.6 Å². The summed E-state index contributed by atoms with van der Waals surface area (Å²) in [5.74, 6) is -0.203. The summed E-state index contributed by atoms with van der Waals surface area (Å²) >= 11 is 0. The number of allylic oxidation sites excluding steroid dienone is 1. The molecule has 1 aliphatic rings. The molecule has 0 saturated heterocycles. The van der Waals surface area contributed by atoms with Crippen LogP contribution in [0.4, 0.5) is 0 Å². The maximum Gasteiger partial charge on any atom is 0.160 e. The number of ether oxygens (including phenoxy) is 1. The minimum atomic E-state index is -0.371. The Labute approximate surface area is 176 Å². The van der Waals surface area contributed by atoms with Gasteiger partial charge in [-0.1, -0.05) is 37.1 Å². The summed E-state index contributed by atoms with van der Waals surface area (Å²) in [6, 6.07) is 4.98. The Hall–Kier alpha value is -2.86. The number of methoxy groups -OCH3 is 1. The van der Waals surface area contributed by atoms with Gasteiger partial charge in [-0.15, -0.1) is 5.69 Å². The maximum atomic E-state index is 13.0. The Balaban J connectivity index is 1.65. The largest absolute Gasteiger partial charge is 0.664 e. The van der Waals surface area contributed by atoms with E-state index in [9.17, 15) is 19.8 Å².